The largest absolute Gasteiger partial charge is 0.319 e. The maximum atomic E-state index is 3.69. The molecule has 1 aliphatic heterocycles. The van der Waals surface area contributed by atoms with Crippen molar-refractivity contribution in [2.24, 2.45) is 5.92 Å². The van der Waals surface area contributed by atoms with Crippen molar-refractivity contribution in [1.29, 1.82) is 0 Å². The summed E-state index contributed by atoms with van der Waals surface area (Å²) in [5.74, 6) is 0.721. The van der Waals surface area contributed by atoms with Crippen LogP contribution in [0.3, 0.4) is 0 Å². The van der Waals surface area contributed by atoms with Crippen molar-refractivity contribution < 1.29 is 0 Å². The SMILES string of the molecule is CCN1CCC(CNC)C1c1ccccc1Br. The van der Waals surface area contributed by atoms with Gasteiger partial charge < -0.3 is 5.32 Å². The summed E-state index contributed by atoms with van der Waals surface area (Å²) in [5, 5.41) is 3.33. The highest BCUT2D eigenvalue weighted by atomic mass is 79.9. The summed E-state index contributed by atoms with van der Waals surface area (Å²) in [6.07, 6.45) is 1.29. The van der Waals surface area contributed by atoms with Gasteiger partial charge in [0.2, 0.25) is 0 Å². The van der Waals surface area contributed by atoms with Gasteiger partial charge in [0.1, 0.15) is 0 Å². The van der Waals surface area contributed by atoms with Gasteiger partial charge in [-0.15, -0.1) is 0 Å². The first-order valence-corrected chi connectivity index (χ1v) is 7.20. The Morgan fingerprint density at radius 2 is 2.18 bits per heavy atom. The molecule has 0 amide bonds. The molecule has 0 bridgehead atoms. The minimum atomic E-state index is 0.558. The highest BCUT2D eigenvalue weighted by Gasteiger charge is 2.34. The Hall–Kier alpha value is -0.380. The molecule has 1 aromatic carbocycles. The van der Waals surface area contributed by atoms with E-state index >= 15 is 0 Å². The molecule has 0 aromatic heterocycles. The average Bonchev–Trinajstić information content (AvgIpc) is 2.73. The average molecular weight is 297 g/mol. The van der Waals surface area contributed by atoms with Crippen LogP contribution in [0, 0.1) is 5.92 Å². The van der Waals surface area contributed by atoms with Crippen LogP contribution in [0.25, 0.3) is 0 Å². The molecule has 0 saturated carbocycles. The number of nitrogens with one attached hydrogen (secondary N) is 1. The fourth-order valence-corrected chi connectivity index (χ4v) is 3.44. The number of benzene rings is 1. The number of halogens is 1. The minimum Gasteiger partial charge on any atom is -0.319 e. The van der Waals surface area contributed by atoms with Crippen LogP contribution >= 0.6 is 15.9 Å². The van der Waals surface area contributed by atoms with Gasteiger partial charge in [0, 0.05) is 10.5 Å². The van der Waals surface area contributed by atoms with Gasteiger partial charge in [-0.3, -0.25) is 4.90 Å². The fourth-order valence-electron chi connectivity index (χ4n) is 2.92. The second-order valence-electron chi connectivity index (χ2n) is 4.70. The minimum absolute atomic E-state index is 0.558. The van der Waals surface area contributed by atoms with Crippen LogP contribution in [0.15, 0.2) is 28.7 Å². The van der Waals surface area contributed by atoms with Crippen molar-refractivity contribution in [3.8, 4) is 0 Å². The molecule has 2 atom stereocenters. The number of likely N-dealkylation sites (tertiary alicyclic amines) is 1. The number of hydrogen-bond acceptors (Lipinski definition) is 2. The van der Waals surface area contributed by atoms with E-state index in [4.69, 9.17) is 0 Å². The van der Waals surface area contributed by atoms with Crippen LogP contribution < -0.4 is 5.32 Å². The lowest BCUT2D eigenvalue weighted by Gasteiger charge is -2.28. The smallest absolute Gasteiger partial charge is 0.0399 e. The standard InChI is InChI=1S/C14H21BrN2/c1-3-17-9-8-11(10-16-2)14(17)12-6-4-5-7-13(12)15/h4-7,11,14,16H,3,8-10H2,1-2H3. The summed E-state index contributed by atoms with van der Waals surface area (Å²) in [6.45, 7) is 5.70. The third-order valence-corrected chi connectivity index (χ3v) is 4.45. The van der Waals surface area contributed by atoms with Crippen molar-refractivity contribution in [2.45, 2.75) is 19.4 Å². The van der Waals surface area contributed by atoms with E-state index in [2.05, 4.69) is 57.3 Å². The van der Waals surface area contributed by atoms with E-state index in [9.17, 15) is 0 Å². The molecule has 0 radical (unpaired) electrons. The Kier molecular flexibility index (Phi) is 4.60. The quantitative estimate of drug-likeness (QED) is 0.919. The molecule has 0 spiro atoms. The van der Waals surface area contributed by atoms with Gasteiger partial charge >= 0.3 is 0 Å². The highest BCUT2D eigenvalue weighted by Crippen LogP contribution is 2.39. The lowest BCUT2D eigenvalue weighted by atomic mass is 9.93. The second-order valence-corrected chi connectivity index (χ2v) is 5.56. The molecule has 0 aliphatic carbocycles. The Morgan fingerprint density at radius 1 is 1.41 bits per heavy atom. The Balaban J connectivity index is 2.28. The van der Waals surface area contributed by atoms with E-state index < -0.39 is 0 Å². The van der Waals surface area contributed by atoms with Crippen molar-refractivity contribution in [3.05, 3.63) is 34.3 Å². The van der Waals surface area contributed by atoms with Crippen molar-refractivity contribution in [3.63, 3.8) is 0 Å². The lowest BCUT2D eigenvalue weighted by molar-refractivity contribution is 0.237. The van der Waals surface area contributed by atoms with Crippen LogP contribution in [0.2, 0.25) is 0 Å². The zero-order valence-electron chi connectivity index (χ0n) is 10.6. The van der Waals surface area contributed by atoms with Gasteiger partial charge in [-0.25, -0.2) is 0 Å². The molecular formula is C14H21BrN2. The van der Waals surface area contributed by atoms with Crippen LogP contribution in [0.1, 0.15) is 24.9 Å². The zero-order chi connectivity index (χ0) is 12.3. The van der Waals surface area contributed by atoms with E-state index in [1.807, 2.05) is 7.05 Å². The van der Waals surface area contributed by atoms with Crippen LogP contribution in [-0.4, -0.2) is 31.6 Å². The third-order valence-electron chi connectivity index (χ3n) is 3.72. The highest BCUT2D eigenvalue weighted by molar-refractivity contribution is 9.10. The normalized spacial score (nSPS) is 25.4. The summed E-state index contributed by atoms with van der Waals surface area (Å²) in [7, 11) is 2.05. The predicted octanol–water partition coefficient (Wildman–Crippen LogP) is 3.05. The Morgan fingerprint density at radius 3 is 2.82 bits per heavy atom. The summed E-state index contributed by atoms with van der Waals surface area (Å²) in [5.41, 5.74) is 1.44. The molecule has 1 heterocycles. The third kappa shape index (κ3) is 2.72. The van der Waals surface area contributed by atoms with E-state index in [1.165, 1.54) is 23.0 Å². The van der Waals surface area contributed by atoms with Crippen molar-refractivity contribution >= 4 is 15.9 Å². The summed E-state index contributed by atoms with van der Waals surface area (Å²) >= 11 is 3.69. The molecule has 1 fully saturated rings. The van der Waals surface area contributed by atoms with Gasteiger partial charge in [-0.1, -0.05) is 41.1 Å². The molecule has 1 aliphatic rings. The topological polar surface area (TPSA) is 15.3 Å². The molecule has 1 N–H and O–H groups in total. The van der Waals surface area contributed by atoms with Gasteiger partial charge in [0.25, 0.3) is 0 Å². The Labute approximate surface area is 113 Å². The van der Waals surface area contributed by atoms with E-state index in [1.54, 1.807) is 0 Å². The monoisotopic (exact) mass is 296 g/mol. The van der Waals surface area contributed by atoms with Gasteiger partial charge in [-0.2, -0.15) is 0 Å². The van der Waals surface area contributed by atoms with E-state index in [0.29, 0.717) is 6.04 Å². The lowest BCUT2D eigenvalue weighted by Crippen LogP contribution is -2.29. The number of rotatable bonds is 4. The molecule has 2 nitrogen and oxygen atoms in total. The summed E-state index contributed by atoms with van der Waals surface area (Å²) < 4.78 is 1.24. The van der Waals surface area contributed by atoms with Gasteiger partial charge in [0.05, 0.1) is 0 Å². The first-order valence-electron chi connectivity index (χ1n) is 6.41. The second kappa shape index (κ2) is 5.98. The Bertz CT molecular complexity index is 367. The van der Waals surface area contributed by atoms with Crippen LogP contribution in [-0.2, 0) is 0 Å². The maximum Gasteiger partial charge on any atom is 0.0399 e. The van der Waals surface area contributed by atoms with Crippen LogP contribution in [0.4, 0.5) is 0 Å². The molecule has 94 valence electrons. The molecule has 2 rings (SSSR count). The molecule has 1 saturated heterocycles. The summed E-state index contributed by atoms with van der Waals surface area (Å²) in [4.78, 5) is 2.59. The molecule has 3 heteroatoms. The first kappa shape index (κ1) is 13.1. The summed E-state index contributed by atoms with van der Waals surface area (Å²) in [6, 6.07) is 9.20. The fraction of sp³-hybridized carbons (Fsp3) is 0.571. The van der Waals surface area contributed by atoms with Gasteiger partial charge in [-0.05, 0) is 50.7 Å². The van der Waals surface area contributed by atoms with Crippen LogP contribution in [0.5, 0.6) is 0 Å². The van der Waals surface area contributed by atoms with E-state index in [0.717, 1.165) is 19.0 Å². The van der Waals surface area contributed by atoms with Gasteiger partial charge in [0.15, 0.2) is 0 Å². The van der Waals surface area contributed by atoms with E-state index in [-0.39, 0.29) is 0 Å². The molecule has 2 unspecified atom stereocenters. The predicted molar refractivity (Wildman–Crippen MR) is 76.2 cm³/mol. The molecular weight excluding hydrogens is 276 g/mol. The first-order chi connectivity index (χ1) is 8.27. The maximum absolute atomic E-state index is 3.69. The zero-order valence-corrected chi connectivity index (χ0v) is 12.2. The number of nitrogens with zero attached hydrogens (tertiary/aromatic N) is 1. The molecule has 17 heavy (non-hydrogen) atoms. The number of hydrogen-bond donors (Lipinski definition) is 1. The van der Waals surface area contributed by atoms with Crippen molar-refractivity contribution in [1.82, 2.24) is 10.2 Å². The molecule has 1 aromatic rings. The van der Waals surface area contributed by atoms with Crippen molar-refractivity contribution in [2.75, 3.05) is 26.7 Å².